The van der Waals surface area contributed by atoms with Crippen molar-refractivity contribution in [2.45, 2.75) is 0 Å². The summed E-state index contributed by atoms with van der Waals surface area (Å²) in [6, 6.07) is 0. The van der Waals surface area contributed by atoms with E-state index in [1.165, 1.54) is 0 Å². The molecule has 0 aliphatic carbocycles. The second-order valence-corrected chi connectivity index (χ2v) is 4.45. The van der Waals surface area contributed by atoms with Crippen LogP contribution < -0.4 is 0 Å². The van der Waals surface area contributed by atoms with Crippen LogP contribution in [0.3, 0.4) is 0 Å². The Kier molecular flexibility index (Phi) is 1.75. The first-order valence-electron chi connectivity index (χ1n) is 2.00. The molecule has 1 heteroatoms. The molecule has 0 amide bonds. The van der Waals surface area contributed by atoms with Gasteiger partial charge >= 0.3 is 48.2 Å². The van der Waals surface area contributed by atoms with E-state index < -0.39 is 0 Å². The molecule has 0 unspecified atom stereocenters. The number of rotatable bonds is 0. The zero-order chi connectivity index (χ0) is 4.24. The molecule has 1 aliphatic heterocycles. The maximum atomic E-state index is 2.32. The predicted octanol–water partition coefficient (Wildman–Crippen LogP) is 0.576. The summed E-state index contributed by atoms with van der Waals surface area (Å²) in [7, 11) is 0. The van der Waals surface area contributed by atoms with Crippen LogP contribution in [0.1, 0.15) is 0 Å². The van der Waals surface area contributed by atoms with Crippen molar-refractivity contribution in [3.63, 3.8) is 0 Å². The summed E-state index contributed by atoms with van der Waals surface area (Å²) in [5.41, 5.74) is 0. The summed E-state index contributed by atoms with van der Waals surface area (Å²) in [5, 5.41) is 0. The number of hydrogen-bond donors (Lipinski definition) is 0. The summed E-state index contributed by atoms with van der Waals surface area (Å²) in [6.45, 7) is 0. The third-order valence-electron chi connectivity index (χ3n) is 0.667. The van der Waals surface area contributed by atoms with Crippen molar-refractivity contribution in [1.82, 2.24) is 0 Å². The van der Waals surface area contributed by atoms with Gasteiger partial charge in [-0.25, -0.2) is 0 Å². The molecule has 0 fully saturated rings. The van der Waals surface area contributed by atoms with E-state index in [4.69, 9.17) is 0 Å². The van der Waals surface area contributed by atoms with Crippen LogP contribution in [0.5, 0.6) is 0 Å². The van der Waals surface area contributed by atoms with Crippen molar-refractivity contribution < 1.29 is 0 Å². The topological polar surface area (TPSA) is 0 Å². The van der Waals surface area contributed by atoms with E-state index in [-0.39, 0.29) is 22.4 Å². The van der Waals surface area contributed by atoms with Gasteiger partial charge in [0.2, 0.25) is 0 Å². The van der Waals surface area contributed by atoms with E-state index in [1.807, 2.05) is 0 Å². The monoisotopic (exact) mass is 180 g/mol. The fourth-order valence-corrected chi connectivity index (χ4v) is 2.22. The molecule has 1 aliphatic rings. The van der Waals surface area contributed by atoms with Gasteiger partial charge in [0.15, 0.2) is 0 Å². The van der Waals surface area contributed by atoms with Crippen LogP contribution in [-0.2, 0) is 0 Å². The Balaban J connectivity index is 2.77. The zero-order valence-corrected chi connectivity index (χ0v) is 6.76. The van der Waals surface area contributed by atoms with Gasteiger partial charge in [-0.1, -0.05) is 0 Å². The van der Waals surface area contributed by atoms with Gasteiger partial charge in [0.25, 0.3) is 0 Å². The van der Waals surface area contributed by atoms with E-state index in [0.717, 1.165) is 0 Å². The summed E-state index contributed by atoms with van der Waals surface area (Å²) in [6.07, 6.45) is 6.36. The van der Waals surface area contributed by atoms with Crippen LogP contribution >= 0.6 is 0 Å². The standard InChI is InChI=1S/C5H5.In/c1-3-5-4-2;/h1-5H;. The second-order valence-electron chi connectivity index (χ2n) is 1.15. The normalized spacial score (nSPS) is 14.7. The van der Waals surface area contributed by atoms with Crippen LogP contribution in [0.15, 0.2) is 22.1 Å². The molecule has 6 heavy (non-hydrogen) atoms. The Hall–Kier alpha value is 0.220. The molecule has 0 aromatic heterocycles. The van der Waals surface area contributed by atoms with Gasteiger partial charge in [-0.2, -0.15) is 0 Å². The number of hydrogen-bond acceptors (Lipinski definition) is 0. The van der Waals surface area contributed by atoms with Crippen molar-refractivity contribution in [1.29, 1.82) is 0 Å². The molecule has 1 heterocycles. The molecule has 0 aromatic carbocycles. The Morgan fingerprint density at radius 3 is 2.17 bits per heavy atom. The summed E-state index contributed by atoms with van der Waals surface area (Å²) < 4.78 is 4.63. The molecular formula is C5H5In. The van der Waals surface area contributed by atoms with Gasteiger partial charge in [0.05, 0.1) is 0 Å². The molecule has 0 N–H and O–H groups in total. The van der Waals surface area contributed by atoms with Crippen LogP contribution in [0.2, 0.25) is 0 Å². The molecule has 0 bridgehead atoms. The summed E-state index contributed by atoms with van der Waals surface area (Å²) >= 11 is -0.249. The molecule has 0 radical (unpaired) electrons. The average Bonchev–Trinajstić information content (AvgIpc) is 1.72. The summed E-state index contributed by atoms with van der Waals surface area (Å²) in [4.78, 5) is 0. The second kappa shape index (κ2) is 2.40. The maximum absolute atomic E-state index is 2.32. The number of allylic oxidation sites excluding steroid dienone is 3. The van der Waals surface area contributed by atoms with Gasteiger partial charge in [-0.15, -0.1) is 0 Å². The van der Waals surface area contributed by atoms with Crippen molar-refractivity contribution in [3.8, 4) is 0 Å². The molecule has 28 valence electrons. The Bertz CT molecular complexity index is 73.3. The van der Waals surface area contributed by atoms with Gasteiger partial charge < -0.3 is 0 Å². The molecule has 1 rings (SSSR count). The molecule has 0 spiro atoms. The van der Waals surface area contributed by atoms with E-state index in [2.05, 4.69) is 25.8 Å². The first kappa shape index (κ1) is 4.38. The van der Waals surface area contributed by atoms with Crippen molar-refractivity contribution in [3.05, 3.63) is 22.1 Å². The first-order chi connectivity index (χ1) is 3.00. The SMILES string of the molecule is C1=C[CH]=[In][CH]=C1. The molecule has 0 saturated heterocycles. The average molecular weight is 180 g/mol. The van der Waals surface area contributed by atoms with Crippen LogP contribution in [0.4, 0.5) is 0 Å². The van der Waals surface area contributed by atoms with Crippen molar-refractivity contribution >= 4 is 26.2 Å². The van der Waals surface area contributed by atoms with Gasteiger partial charge in [0.1, 0.15) is 0 Å². The minimum atomic E-state index is -0.249. The third-order valence-corrected chi connectivity index (χ3v) is 3.20. The fraction of sp³-hybridized carbons (Fsp3) is 0. The Morgan fingerprint density at radius 1 is 1.00 bits per heavy atom. The van der Waals surface area contributed by atoms with Gasteiger partial charge in [-0.3, -0.25) is 0 Å². The minimum absolute atomic E-state index is 0.249. The molecule has 0 atom stereocenters. The van der Waals surface area contributed by atoms with E-state index in [0.29, 0.717) is 0 Å². The zero-order valence-electron chi connectivity index (χ0n) is 3.46. The third kappa shape index (κ3) is 1.13. The fourth-order valence-electron chi connectivity index (χ4n) is 0.385. The molecule has 0 aromatic rings. The Morgan fingerprint density at radius 2 is 2.00 bits per heavy atom. The van der Waals surface area contributed by atoms with Gasteiger partial charge in [0, 0.05) is 0 Å². The quantitative estimate of drug-likeness (QED) is 0.511. The summed E-state index contributed by atoms with van der Waals surface area (Å²) in [5.74, 6) is 0. The van der Waals surface area contributed by atoms with Gasteiger partial charge in [-0.05, 0) is 0 Å². The van der Waals surface area contributed by atoms with E-state index in [1.54, 1.807) is 0 Å². The Labute approximate surface area is 48.4 Å². The molecular weight excluding hydrogens is 175 g/mol. The van der Waals surface area contributed by atoms with Crippen LogP contribution in [0, 0.1) is 0 Å². The predicted molar refractivity (Wildman–Crippen MR) is 30.1 cm³/mol. The van der Waals surface area contributed by atoms with Crippen molar-refractivity contribution in [2.24, 2.45) is 0 Å². The van der Waals surface area contributed by atoms with Crippen molar-refractivity contribution in [2.75, 3.05) is 0 Å². The first-order valence-corrected chi connectivity index (χ1v) is 5.81. The van der Waals surface area contributed by atoms with E-state index in [9.17, 15) is 0 Å². The molecule has 0 nitrogen and oxygen atoms in total. The molecule has 0 saturated carbocycles. The van der Waals surface area contributed by atoms with Crippen LogP contribution in [0.25, 0.3) is 0 Å². The van der Waals surface area contributed by atoms with E-state index >= 15 is 0 Å². The van der Waals surface area contributed by atoms with Crippen LogP contribution in [-0.4, -0.2) is 26.2 Å².